The maximum absolute atomic E-state index is 13.0. The second-order valence-electron chi connectivity index (χ2n) is 7.87. The molecular weight excluding hydrogens is 440 g/mol. The van der Waals surface area contributed by atoms with Gasteiger partial charge in [-0.15, -0.1) is 0 Å². The van der Waals surface area contributed by atoms with Gasteiger partial charge in [0, 0.05) is 29.4 Å². The van der Waals surface area contributed by atoms with Gasteiger partial charge in [0.1, 0.15) is 5.82 Å². The van der Waals surface area contributed by atoms with Gasteiger partial charge in [0.2, 0.25) is 5.13 Å². The van der Waals surface area contributed by atoms with E-state index in [-0.39, 0.29) is 27.9 Å². The van der Waals surface area contributed by atoms with Crippen molar-refractivity contribution in [3.8, 4) is 0 Å². The van der Waals surface area contributed by atoms with Gasteiger partial charge in [0.25, 0.3) is 5.91 Å². The molecule has 1 aromatic heterocycles. The van der Waals surface area contributed by atoms with Crippen LogP contribution in [0.3, 0.4) is 0 Å². The molecule has 0 radical (unpaired) electrons. The van der Waals surface area contributed by atoms with Crippen LogP contribution >= 0.6 is 11.5 Å². The number of hydrogen-bond donors (Lipinski definition) is 1. The van der Waals surface area contributed by atoms with Gasteiger partial charge in [-0.05, 0) is 25.0 Å². The van der Waals surface area contributed by atoms with Crippen LogP contribution in [-0.4, -0.2) is 54.0 Å². The normalized spacial score (nSPS) is 19.6. The van der Waals surface area contributed by atoms with Gasteiger partial charge in [0.05, 0.1) is 23.4 Å². The third kappa shape index (κ3) is 5.10. The largest absolute Gasteiger partial charge is 0.389 e. The van der Waals surface area contributed by atoms with Gasteiger partial charge in [-0.2, -0.15) is 4.37 Å². The van der Waals surface area contributed by atoms with Crippen molar-refractivity contribution in [1.29, 1.82) is 0 Å². The molecule has 31 heavy (non-hydrogen) atoms. The number of aromatic nitrogens is 2. The van der Waals surface area contributed by atoms with Crippen LogP contribution in [0, 0.1) is 0 Å². The Hall–Kier alpha value is -2.37. The highest BCUT2D eigenvalue weighted by atomic mass is 32.2. The summed E-state index contributed by atoms with van der Waals surface area (Å²) in [6, 6.07) is 6.15. The SMILES string of the molecule is CC(C)c1nsc(NC(=O)C(=NO[C@@H]2CCOC2)c2ccc(S(=O)(=O)C3CC3)cc2)n1. The van der Waals surface area contributed by atoms with Crippen molar-refractivity contribution in [3.63, 3.8) is 0 Å². The van der Waals surface area contributed by atoms with E-state index < -0.39 is 15.7 Å². The molecular formula is C20H24N4O5S2. The molecule has 9 nitrogen and oxygen atoms in total. The molecule has 4 rings (SSSR count). The first-order valence-electron chi connectivity index (χ1n) is 10.2. The minimum atomic E-state index is -3.31. The second kappa shape index (κ2) is 9.01. The molecule has 1 saturated carbocycles. The Morgan fingerprint density at radius 3 is 2.58 bits per heavy atom. The molecule has 1 saturated heterocycles. The van der Waals surface area contributed by atoms with E-state index in [4.69, 9.17) is 9.57 Å². The van der Waals surface area contributed by atoms with E-state index in [9.17, 15) is 13.2 Å². The van der Waals surface area contributed by atoms with Gasteiger partial charge in [-0.25, -0.2) is 13.4 Å². The zero-order valence-corrected chi connectivity index (χ0v) is 18.9. The lowest BCUT2D eigenvalue weighted by Gasteiger charge is -2.10. The fraction of sp³-hybridized carbons (Fsp3) is 0.500. The van der Waals surface area contributed by atoms with Gasteiger partial charge in [-0.1, -0.05) is 31.1 Å². The van der Waals surface area contributed by atoms with E-state index in [2.05, 4.69) is 19.8 Å². The summed E-state index contributed by atoms with van der Waals surface area (Å²) in [5.74, 6) is 0.276. The standard InChI is InChI=1S/C20H24N4O5S2/c1-12(2)18-21-20(30-24-18)22-19(25)17(23-29-14-9-10-28-11-14)13-3-5-15(6-4-13)31(26,27)16-7-8-16/h3-6,12,14,16H,7-11H2,1-2H3,(H,21,22,24,25)/t14-/m1/s1. The van der Waals surface area contributed by atoms with Gasteiger partial charge < -0.3 is 9.57 Å². The van der Waals surface area contributed by atoms with Crippen molar-refractivity contribution in [2.24, 2.45) is 5.16 Å². The van der Waals surface area contributed by atoms with E-state index in [0.29, 0.717) is 49.0 Å². The van der Waals surface area contributed by atoms with E-state index >= 15 is 0 Å². The van der Waals surface area contributed by atoms with Gasteiger partial charge in [-0.3, -0.25) is 10.1 Å². The summed E-state index contributed by atoms with van der Waals surface area (Å²) in [5, 5.41) is 6.86. The monoisotopic (exact) mass is 464 g/mol. The van der Waals surface area contributed by atoms with Crippen molar-refractivity contribution in [3.05, 3.63) is 35.7 Å². The Bertz CT molecular complexity index is 1070. The highest BCUT2D eigenvalue weighted by Crippen LogP contribution is 2.33. The lowest BCUT2D eigenvalue weighted by atomic mass is 10.1. The fourth-order valence-electron chi connectivity index (χ4n) is 3.00. The Balaban J connectivity index is 1.57. The van der Waals surface area contributed by atoms with Crippen molar-refractivity contribution < 1.29 is 22.8 Å². The third-order valence-corrected chi connectivity index (χ3v) is 7.92. The number of carbonyl (C=O) groups excluding carboxylic acids is 1. The molecule has 1 amide bonds. The van der Waals surface area contributed by atoms with E-state index in [1.165, 1.54) is 12.1 Å². The molecule has 1 aliphatic carbocycles. The van der Waals surface area contributed by atoms with Crippen molar-refractivity contribution in [2.45, 2.75) is 55.3 Å². The lowest BCUT2D eigenvalue weighted by Crippen LogP contribution is -2.25. The number of sulfone groups is 1. The fourth-order valence-corrected chi connectivity index (χ4v) is 5.36. The topological polar surface area (TPSA) is 120 Å². The molecule has 1 aromatic carbocycles. The van der Waals surface area contributed by atoms with Gasteiger partial charge in [0.15, 0.2) is 21.7 Å². The Kier molecular flexibility index (Phi) is 6.35. The average molecular weight is 465 g/mol. The Labute approximate surface area is 184 Å². The molecule has 0 spiro atoms. The van der Waals surface area contributed by atoms with E-state index in [0.717, 1.165) is 11.5 Å². The summed E-state index contributed by atoms with van der Waals surface area (Å²) in [6.45, 7) is 4.92. The minimum absolute atomic E-state index is 0.0311. The first-order chi connectivity index (χ1) is 14.8. The quantitative estimate of drug-likeness (QED) is 0.471. The number of amides is 1. The lowest BCUT2D eigenvalue weighted by molar-refractivity contribution is -0.110. The van der Waals surface area contributed by atoms with Crippen LogP contribution in [0.15, 0.2) is 34.3 Å². The summed E-state index contributed by atoms with van der Waals surface area (Å²) >= 11 is 1.09. The van der Waals surface area contributed by atoms with E-state index in [1.807, 2.05) is 13.8 Å². The highest BCUT2D eigenvalue weighted by Gasteiger charge is 2.36. The third-order valence-electron chi connectivity index (χ3n) is 4.99. The van der Waals surface area contributed by atoms with Crippen LogP contribution in [0.25, 0.3) is 0 Å². The maximum atomic E-state index is 13.0. The number of nitrogens with one attached hydrogen (secondary N) is 1. The molecule has 1 N–H and O–H groups in total. The van der Waals surface area contributed by atoms with E-state index in [1.54, 1.807) is 12.1 Å². The molecule has 0 unspecified atom stereocenters. The average Bonchev–Trinajstić information content (AvgIpc) is 3.29. The first-order valence-corrected chi connectivity index (χ1v) is 12.5. The molecule has 1 aliphatic heterocycles. The van der Waals surface area contributed by atoms with Crippen LogP contribution in [0.1, 0.15) is 50.4 Å². The Morgan fingerprint density at radius 2 is 2.00 bits per heavy atom. The van der Waals surface area contributed by atoms with Gasteiger partial charge >= 0.3 is 0 Å². The van der Waals surface area contributed by atoms with Crippen molar-refractivity contribution in [2.75, 3.05) is 18.5 Å². The molecule has 166 valence electrons. The predicted molar refractivity (Wildman–Crippen MR) is 116 cm³/mol. The number of ether oxygens (including phenoxy) is 1. The summed E-state index contributed by atoms with van der Waals surface area (Å²) in [4.78, 5) is 23.0. The number of anilines is 1. The number of carbonyl (C=O) groups is 1. The molecule has 2 fully saturated rings. The number of hydrogen-bond acceptors (Lipinski definition) is 9. The number of rotatable bonds is 8. The van der Waals surface area contributed by atoms with Crippen molar-refractivity contribution in [1.82, 2.24) is 9.36 Å². The first kappa shape index (κ1) is 21.8. The van der Waals surface area contributed by atoms with Crippen LogP contribution in [0.4, 0.5) is 5.13 Å². The van der Waals surface area contributed by atoms with Crippen LogP contribution in [0.2, 0.25) is 0 Å². The summed E-state index contributed by atoms with van der Waals surface area (Å²) < 4.78 is 34.4. The maximum Gasteiger partial charge on any atom is 0.280 e. The smallest absolute Gasteiger partial charge is 0.280 e. The number of oxime groups is 1. The summed E-state index contributed by atoms with van der Waals surface area (Å²) in [5.41, 5.74) is 0.475. The zero-order valence-electron chi connectivity index (χ0n) is 17.3. The number of benzene rings is 1. The summed E-state index contributed by atoms with van der Waals surface area (Å²) in [7, 11) is -3.31. The van der Waals surface area contributed by atoms with Crippen LogP contribution in [0.5, 0.6) is 0 Å². The molecule has 1 atom stereocenters. The molecule has 2 heterocycles. The minimum Gasteiger partial charge on any atom is -0.389 e. The zero-order chi connectivity index (χ0) is 22.0. The molecule has 2 aliphatic rings. The second-order valence-corrected chi connectivity index (χ2v) is 10.8. The van der Waals surface area contributed by atoms with Crippen molar-refractivity contribution >= 4 is 38.1 Å². The Morgan fingerprint density at radius 1 is 1.26 bits per heavy atom. The molecule has 11 heteroatoms. The highest BCUT2D eigenvalue weighted by molar-refractivity contribution is 7.92. The molecule has 2 aromatic rings. The van der Waals surface area contributed by atoms with Crippen LogP contribution < -0.4 is 5.32 Å². The number of nitrogens with zero attached hydrogens (tertiary/aromatic N) is 3. The molecule has 0 bridgehead atoms. The predicted octanol–water partition coefficient (Wildman–Crippen LogP) is 2.75. The van der Waals surface area contributed by atoms with Crippen LogP contribution in [-0.2, 0) is 24.2 Å². The summed E-state index contributed by atoms with van der Waals surface area (Å²) in [6.07, 6.45) is 1.84.